The van der Waals surface area contributed by atoms with E-state index < -0.39 is 11.9 Å². The second-order valence-corrected chi connectivity index (χ2v) is 6.02. The van der Waals surface area contributed by atoms with E-state index in [4.69, 9.17) is 18.9 Å². The fourth-order valence-electron chi connectivity index (χ4n) is 2.54. The number of aromatic nitrogens is 1. The molecule has 1 heterocycles. The summed E-state index contributed by atoms with van der Waals surface area (Å²) in [5.41, 5.74) is 0.709. The molecule has 0 bridgehead atoms. The summed E-state index contributed by atoms with van der Waals surface area (Å²) >= 11 is 0. The molecule has 0 saturated carbocycles. The minimum Gasteiger partial charge on any atom is -0.494 e. The van der Waals surface area contributed by atoms with E-state index in [1.54, 1.807) is 48.5 Å². The number of rotatable bonds is 8. The van der Waals surface area contributed by atoms with Gasteiger partial charge in [-0.2, -0.15) is 0 Å². The molecular formula is C23H21NO6. The lowest BCUT2D eigenvalue weighted by Gasteiger charge is -2.08. The first-order valence-electron chi connectivity index (χ1n) is 9.45. The van der Waals surface area contributed by atoms with Gasteiger partial charge in [0.25, 0.3) is 0 Å². The minimum absolute atomic E-state index is 0.0193. The molecule has 0 spiro atoms. The second-order valence-electron chi connectivity index (χ2n) is 6.02. The van der Waals surface area contributed by atoms with Crippen LogP contribution in [-0.2, 0) is 0 Å². The van der Waals surface area contributed by atoms with Gasteiger partial charge in [0.15, 0.2) is 0 Å². The van der Waals surface area contributed by atoms with E-state index in [1.165, 1.54) is 18.3 Å². The van der Waals surface area contributed by atoms with E-state index in [0.717, 1.165) is 0 Å². The number of pyridine rings is 1. The molecule has 3 aromatic rings. The van der Waals surface area contributed by atoms with E-state index in [2.05, 4.69) is 4.98 Å². The summed E-state index contributed by atoms with van der Waals surface area (Å²) in [6.07, 6.45) is 1.39. The van der Waals surface area contributed by atoms with Gasteiger partial charge in [0.2, 0.25) is 5.88 Å². The van der Waals surface area contributed by atoms with Crippen molar-refractivity contribution >= 4 is 11.9 Å². The maximum atomic E-state index is 12.3. The summed E-state index contributed by atoms with van der Waals surface area (Å²) in [7, 11) is 0. The molecule has 0 atom stereocenters. The third-order valence-corrected chi connectivity index (χ3v) is 3.92. The maximum Gasteiger partial charge on any atom is 0.344 e. The standard InChI is InChI=1S/C23H21NO6/c1-3-27-18-9-5-16(6-10-18)22(25)29-20-13-14-24-21(15-20)30-23(26)17-7-11-19(12-8-17)28-4-2/h5-15H,3-4H2,1-2H3. The highest BCUT2D eigenvalue weighted by molar-refractivity contribution is 5.92. The van der Waals surface area contributed by atoms with E-state index in [9.17, 15) is 9.59 Å². The average molecular weight is 407 g/mol. The number of esters is 2. The number of ether oxygens (including phenoxy) is 4. The Morgan fingerprint density at radius 2 is 1.20 bits per heavy atom. The van der Waals surface area contributed by atoms with E-state index in [-0.39, 0.29) is 11.6 Å². The molecule has 3 rings (SSSR count). The Labute approximate surface area is 174 Å². The number of nitrogens with zero attached hydrogens (tertiary/aromatic N) is 1. The molecular weight excluding hydrogens is 386 g/mol. The first kappa shape index (κ1) is 20.9. The Hall–Kier alpha value is -3.87. The summed E-state index contributed by atoms with van der Waals surface area (Å²) in [5, 5.41) is 0. The van der Waals surface area contributed by atoms with Crippen LogP contribution in [0.3, 0.4) is 0 Å². The number of hydrogen-bond donors (Lipinski definition) is 0. The Morgan fingerprint density at radius 1 is 0.700 bits per heavy atom. The van der Waals surface area contributed by atoms with Crippen LogP contribution in [0.2, 0.25) is 0 Å². The van der Waals surface area contributed by atoms with E-state index in [1.807, 2.05) is 13.8 Å². The summed E-state index contributed by atoms with van der Waals surface area (Å²) in [5.74, 6) is 0.426. The molecule has 154 valence electrons. The second kappa shape index (κ2) is 10.1. The van der Waals surface area contributed by atoms with Crippen LogP contribution in [0, 0.1) is 0 Å². The van der Waals surface area contributed by atoms with Crippen molar-refractivity contribution in [2.24, 2.45) is 0 Å². The molecule has 7 heteroatoms. The van der Waals surface area contributed by atoms with Gasteiger partial charge in [0.1, 0.15) is 17.2 Å². The first-order valence-corrected chi connectivity index (χ1v) is 9.45. The molecule has 30 heavy (non-hydrogen) atoms. The van der Waals surface area contributed by atoms with Crippen LogP contribution >= 0.6 is 0 Å². The van der Waals surface area contributed by atoms with Crippen molar-refractivity contribution in [2.45, 2.75) is 13.8 Å². The van der Waals surface area contributed by atoms with Crippen LogP contribution in [0.5, 0.6) is 23.1 Å². The Morgan fingerprint density at radius 3 is 1.70 bits per heavy atom. The molecule has 0 N–H and O–H groups in total. The lowest BCUT2D eigenvalue weighted by atomic mass is 10.2. The monoisotopic (exact) mass is 407 g/mol. The molecule has 0 aliphatic carbocycles. The minimum atomic E-state index is -0.583. The van der Waals surface area contributed by atoms with Crippen LogP contribution in [0.15, 0.2) is 66.9 Å². The number of hydrogen-bond acceptors (Lipinski definition) is 7. The molecule has 0 aliphatic rings. The van der Waals surface area contributed by atoms with E-state index >= 15 is 0 Å². The van der Waals surface area contributed by atoms with Crippen LogP contribution in [-0.4, -0.2) is 30.1 Å². The highest BCUT2D eigenvalue weighted by atomic mass is 16.6. The smallest absolute Gasteiger partial charge is 0.344 e. The van der Waals surface area contributed by atoms with Gasteiger partial charge >= 0.3 is 11.9 Å². The zero-order valence-corrected chi connectivity index (χ0v) is 16.7. The van der Waals surface area contributed by atoms with Crippen LogP contribution < -0.4 is 18.9 Å². The van der Waals surface area contributed by atoms with Gasteiger partial charge < -0.3 is 18.9 Å². The summed E-state index contributed by atoms with van der Waals surface area (Å²) < 4.78 is 21.3. The van der Waals surface area contributed by atoms with Crippen molar-refractivity contribution in [1.82, 2.24) is 4.98 Å². The lowest BCUT2D eigenvalue weighted by molar-refractivity contribution is 0.0726. The zero-order valence-electron chi connectivity index (χ0n) is 16.7. The van der Waals surface area contributed by atoms with Crippen molar-refractivity contribution < 1.29 is 28.5 Å². The molecule has 0 amide bonds. The third kappa shape index (κ3) is 5.57. The highest BCUT2D eigenvalue weighted by Gasteiger charge is 2.13. The number of carbonyl (C=O) groups is 2. The lowest BCUT2D eigenvalue weighted by Crippen LogP contribution is -2.11. The predicted molar refractivity (Wildman–Crippen MR) is 109 cm³/mol. The highest BCUT2D eigenvalue weighted by Crippen LogP contribution is 2.20. The van der Waals surface area contributed by atoms with E-state index in [0.29, 0.717) is 35.8 Å². The van der Waals surface area contributed by atoms with Gasteiger partial charge in [-0.05, 0) is 68.4 Å². The molecule has 0 unspecified atom stereocenters. The summed E-state index contributed by atoms with van der Waals surface area (Å²) in [6, 6.07) is 16.0. The quantitative estimate of drug-likeness (QED) is 0.514. The molecule has 2 aromatic carbocycles. The van der Waals surface area contributed by atoms with Gasteiger partial charge in [0, 0.05) is 12.3 Å². The van der Waals surface area contributed by atoms with Crippen molar-refractivity contribution in [3.05, 3.63) is 78.0 Å². The first-order chi connectivity index (χ1) is 14.6. The largest absolute Gasteiger partial charge is 0.494 e. The third-order valence-electron chi connectivity index (χ3n) is 3.92. The molecule has 0 radical (unpaired) electrons. The van der Waals surface area contributed by atoms with Gasteiger partial charge in [-0.3, -0.25) is 0 Å². The molecule has 0 fully saturated rings. The molecule has 1 aromatic heterocycles. The fourth-order valence-corrected chi connectivity index (χ4v) is 2.54. The van der Waals surface area contributed by atoms with Gasteiger partial charge in [0.05, 0.1) is 24.3 Å². The van der Waals surface area contributed by atoms with Crippen LogP contribution in [0.25, 0.3) is 0 Å². The Balaban J connectivity index is 1.63. The Bertz CT molecular complexity index is 920. The van der Waals surface area contributed by atoms with Crippen LogP contribution in [0.4, 0.5) is 0 Å². The topological polar surface area (TPSA) is 84.0 Å². The zero-order chi connectivity index (χ0) is 21.3. The van der Waals surface area contributed by atoms with Crippen molar-refractivity contribution in [2.75, 3.05) is 13.2 Å². The van der Waals surface area contributed by atoms with Crippen LogP contribution in [0.1, 0.15) is 34.6 Å². The normalized spacial score (nSPS) is 10.2. The molecule has 0 aliphatic heterocycles. The van der Waals surface area contributed by atoms with Gasteiger partial charge in [-0.15, -0.1) is 0 Å². The Kier molecular flexibility index (Phi) is 7.00. The molecule has 7 nitrogen and oxygen atoms in total. The summed E-state index contributed by atoms with van der Waals surface area (Å²) in [4.78, 5) is 28.6. The molecule has 0 saturated heterocycles. The van der Waals surface area contributed by atoms with Gasteiger partial charge in [-0.25, -0.2) is 14.6 Å². The fraction of sp³-hybridized carbons (Fsp3) is 0.174. The SMILES string of the molecule is CCOc1ccc(C(=O)Oc2ccnc(OC(=O)c3ccc(OCC)cc3)c2)cc1. The predicted octanol–water partition coefficient (Wildman–Crippen LogP) is 4.32. The number of benzene rings is 2. The van der Waals surface area contributed by atoms with Crippen molar-refractivity contribution in [1.29, 1.82) is 0 Å². The van der Waals surface area contributed by atoms with Crippen molar-refractivity contribution in [3.8, 4) is 23.1 Å². The maximum absolute atomic E-state index is 12.3. The average Bonchev–Trinajstić information content (AvgIpc) is 2.75. The number of carbonyl (C=O) groups excluding carboxylic acids is 2. The van der Waals surface area contributed by atoms with Crippen molar-refractivity contribution in [3.63, 3.8) is 0 Å². The van der Waals surface area contributed by atoms with Gasteiger partial charge in [-0.1, -0.05) is 0 Å². The summed E-state index contributed by atoms with van der Waals surface area (Å²) in [6.45, 7) is 4.84.